The van der Waals surface area contributed by atoms with E-state index in [1.165, 1.54) is 12.7 Å². The van der Waals surface area contributed by atoms with Crippen molar-refractivity contribution in [2.24, 2.45) is 0 Å². The average Bonchev–Trinajstić information content (AvgIpc) is 2.68. The van der Waals surface area contributed by atoms with Gasteiger partial charge >= 0.3 is 5.97 Å². The third kappa shape index (κ3) is 8.06. The van der Waals surface area contributed by atoms with Crippen molar-refractivity contribution < 1.29 is 28.5 Å². The highest BCUT2D eigenvalue weighted by molar-refractivity contribution is 5.70. The van der Waals surface area contributed by atoms with Crippen LogP contribution in [0.5, 0.6) is 11.5 Å². The first-order valence-electron chi connectivity index (χ1n) is 9.40. The highest BCUT2D eigenvalue weighted by Crippen LogP contribution is 2.28. The van der Waals surface area contributed by atoms with Crippen LogP contribution in [0.15, 0.2) is 18.2 Å². The second kappa shape index (κ2) is 12.5. The Kier molecular flexibility index (Phi) is 9.90. The molecule has 0 bridgehead atoms. The fourth-order valence-corrected chi connectivity index (χ4v) is 2.68. The van der Waals surface area contributed by atoms with Gasteiger partial charge in [-0.05, 0) is 62.3 Å². The van der Waals surface area contributed by atoms with Crippen LogP contribution >= 0.6 is 0 Å². The maximum atomic E-state index is 10.8. The highest BCUT2D eigenvalue weighted by Gasteiger charge is 2.10. The molecule has 0 N–H and O–H groups in total. The summed E-state index contributed by atoms with van der Waals surface area (Å²) in [6.45, 7) is 3.45. The SMILES string of the molecule is COC(=O)COCCCOCCCCCOc1ccc2c(c1)CCCO2. The Bertz CT molecular complexity index is 531. The Hall–Kier alpha value is -1.79. The zero-order valence-electron chi connectivity index (χ0n) is 15.7. The lowest BCUT2D eigenvalue weighted by molar-refractivity contribution is -0.146. The maximum absolute atomic E-state index is 10.8. The molecule has 6 heteroatoms. The van der Waals surface area contributed by atoms with E-state index in [2.05, 4.69) is 10.8 Å². The van der Waals surface area contributed by atoms with Crippen molar-refractivity contribution in [1.29, 1.82) is 0 Å². The van der Waals surface area contributed by atoms with Gasteiger partial charge in [0.1, 0.15) is 18.1 Å². The number of aryl methyl sites for hydroxylation is 1. The van der Waals surface area contributed by atoms with Gasteiger partial charge in [0.2, 0.25) is 0 Å². The number of ether oxygens (including phenoxy) is 5. The molecule has 0 amide bonds. The van der Waals surface area contributed by atoms with Gasteiger partial charge in [0.25, 0.3) is 0 Å². The van der Waals surface area contributed by atoms with E-state index < -0.39 is 0 Å². The van der Waals surface area contributed by atoms with Crippen LogP contribution in [-0.4, -0.2) is 52.7 Å². The second-order valence-corrected chi connectivity index (χ2v) is 6.23. The fourth-order valence-electron chi connectivity index (χ4n) is 2.68. The minimum absolute atomic E-state index is 0.00768. The molecule has 1 aromatic rings. The van der Waals surface area contributed by atoms with Gasteiger partial charge < -0.3 is 23.7 Å². The lowest BCUT2D eigenvalue weighted by Gasteiger charge is -2.18. The predicted octanol–water partition coefficient (Wildman–Crippen LogP) is 3.16. The Morgan fingerprint density at radius 3 is 2.73 bits per heavy atom. The number of rotatable bonds is 13. The number of fused-ring (bicyclic) bond motifs is 1. The monoisotopic (exact) mass is 366 g/mol. The Morgan fingerprint density at radius 1 is 1.04 bits per heavy atom. The van der Waals surface area contributed by atoms with Crippen molar-refractivity contribution in [3.05, 3.63) is 23.8 Å². The maximum Gasteiger partial charge on any atom is 0.331 e. The van der Waals surface area contributed by atoms with E-state index in [1.807, 2.05) is 12.1 Å². The summed E-state index contributed by atoms with van der Waals surface area (Å²) in [5.41, 5.74) is 1.25. The van der Waals surface area contributed by atoms with Crippen molar-refractivity contribution in [3.63, 3.8) is 0 Å². The molecule has 6 nitrogen and oxygen atoms in total. The predicted molar refractivity (Wildman–Crippen MR) is 97.9 cm³/mol. The quantitative estimate of drug-likeness (QED) is 0.395. The van der Waals surface area contributed by atoms with Crippen molar-refractivity contribution >= 4 is 5.97 Å². The van der Waals surface area contributed by atoms with Crippen LogP contribution in [0.2, 0.25) is 0 Å². The van der Waals surface area contributed by atoms with Gasteiger partial charge in [-0.15, -0.1) is 0 Å². The van der Waals surface area contributed by atoms with Gasteiger partial charge in [0.15, 0.2) is 0 Å². The minimum Gasteiger partial charge on any atom is -0.494 e. The van der Waals surface area contributed by atoms with E-state index in [4.69, 9.17) is 18.9 Å². The lowest BCUT2D eigenvalue weighted by Crippen LogP contribution is -2.11. The van der Waals surface area contributed by atoms with E-state index in [0.717, 1.165) is 69.8 Å². The molecule has 1 aliphatic rings. The van der Waals surface area contributed by atoms with Gasteiger partial charge in [-0.25, -0.2) is 4.79 Å². The number of carbonyl (C=O) groups excluding carboxylic acids is 1. The van der Waals surface area contributed by atoms with E-state index in [-0.39, 0.29) is 12.6 Å². The third-order valence-corrected chi connectivity index (χ3v) is 4.11. The number of esters is 1. The molecule has 0 aliphatic carbocycles. The van der Waals surface area contributed by atoms with Crippen molar-refractivity contribution in [2.45, 2.75) is 38.5 Å². The highest BCUT2D eigenvalue weighted by atomic mass is 16.6. The molecule has 0 fully saturated rings. The molecule has 0 spiro atoms. The van der Waals surface area contributed by atoms with Gasteiger partial charge in [0.05, 0.1) is 20.3 Å². The van der Waals surface area contributed by atoms with Crippen LogP contribution in [0.1, 0.15) is 37.7 Å². The van der Waals surface area contributed by atoms with Crippen molar-refractivity contribution in [3.8, 4) is 11.5 Å². The van der Waals surface area contributed by atoms with Gasteiger partial charge in [0, 0.05) is 19.8 Å². The number of hydrogen-bond donors (Lipinski definition) is 0. The average molecular weight is 366 g/mol. The first kappa shape index (κ1) is 20.5. The van der Waals surface area contributed by atoms with E-state index in [9.17, 15) is 4.79 Å². The molecule has 1 aliphatic heterocycles. The molecule has 1 aromatic carbocycles. The number of hydrogen-bond acceptors (Lipinski definition) is 6. The zero-order chi connectivity index (χ0) is 18.5. The molecule has 0 unspecified atom stereocenters. The molecular weight excluding hydrogens is 336 g/mol. The van der Waals surface area contributed by atoms with Crippen molar-refractivity contribution in [2.75, 3.05) is 46.8 Å². The summed E-state index contributed by atoms with van der Waals surface area (Å²) in [6, 6.07) is 6.09. The van der Waals surface area contributed by atoms with E-state index in [0.29, 0.717) is 13.2 Å². The first-order chi connectivity index (χ1) is 12.8. The largest absolute Gasteiger partial charge is 0.494 e. The summed E-state index contributed by atoms with van der Waals surface area (Å²) in [6.07, 6.45) is 6.03. The minimum atomic E-state index is -0.350. The Labute approximate surface area is 155 Å². The zero-order valence-corrected chi connectivity index (χ0v) is 15.7. The lowest BCUT2D eigenvalue weighted by atomic mass is 10.1. The van der Waals surface area contributed by atoms with E-state index >= 15 is 0 Å². The molecular formula is C20H30O6. The first-order valence-corrected chi connectivity index (χ1v) is 9.40. The number of unbranched alkanes of at least 4 members (excludes halogenated alkanes) is 2. The smallest absolute Gasteiger partial charge is 0.331 e. The molecule has 0 saturated carbocycles. The molecule has 0 atom stereocenters. The van der Waals surface area contributed by atoms with Gasteiger partial charge in [-0.2, -0.15) is 0 Å². The summed E-state index contributed by atoms with van der Waals surface area (Å²) in [5.74, 6) is 1.57. The topological polar surface area (TPSA) is 63.2 Å². The Morgan fingerprint density at radius 2 is 1.85 bits per heavy atom. The molecule has 2 rings (SSSR count). The van der Waals surface area contributed by atoms with Crippen LogP contribution in [0.3, 0.4) is 0 Å². The molecule has 1 heterocycles. The summed E-state index contributed by atoms with van der Waals surface area (Å²) in [4.78, 5) is 10.8. The molecule has 26 heavy (non-hydrogen) atoms. The normalized spacial score (nSPS) is 13.0. The summed E-state index contributed by atoms with van der Waals surface area (Å²) in [5, 5.41) is 0. The molecule has 0 saturated heterocycles. The fraction of sp³-hybridized carbons (Fsp3) is 0.650. The molecule has 146 valence electrons. The van der Waals surface area contributed by atoms with Crippen LogP contribution in [0.25, 0.3) is 0 Å². The van der Waals surface area contributed by atoms with Crippen LogP contribution in [0, 0.1) is 0 Å². The number of carbonyl (C=O) groups is 1. The van der Waals surface area contributed by atoms with Crippen LogP contribution < -0.4 is 9.47 Å². The second-order valence-electron chi connectivity index (χ2n) is 6.23. The van der Waals surface area contributed by atoms with Gasteiger partial charge in [-0.3, -0.25) is 0 Å². The van der Waals surface area contributed by atoms with Crippen LogP contribution in [0.4, 0.5) is 0 Å². The Balaban J connectivity index is 1.40. The summed E-state index contributed by atoms with van der Waals surface area (Å²) >= 11 is 0. The number of methoxy groups -OCH3 is 1. The third-order valence-electron chi connectivity index (χ3n) is 4.11. The summed E-state index contributed by atoms with van der Waals surface area (Å²) < 4.78 is 26.6. The standard InChI is InChI=1S/C20H30O6/c1-22-20(21)16-24-12-6-11-23-10-3-2-4-13-25-18-8-9-19-17(15-18)7-5-14-26-19/h8-9,15H,2-7,10-14,16H2,1H3. The van der Waals surface area contributed by atoms with Crippen LogP contribution in [-0.2, 0) is 25.4 Å². The van der Waals surface area contributed by atoms with Gasteiger partial charge in [-0.1, -0.05) is 0 Å². The number of benzene rings is 1. The summed E-state index contributed by atoms with van der Waals surface area (Å²) in [7, 11) is 1.35. The van der Waals surface area contributed by atoms with Crippen molar-refractivity contribution in [1.82, 2.24) is 0 Å². The molecule has 0 radical (unpaired) electrons. The molecule has 0 aromatic heterocycles. The van der Waals surface area contributed by atoms with E-state index in [1.54, 1.807) is 0 Å².